The molecule has 0 bridgehead atoms. The molecule has 1 amide bonds. The molecular weight excluding hydrogens is 388 g/mol. The van der Waals surface area contributed by atoms with Gasteiger partial charge in [0.1, 0.15) is 5.82 Å². The Balaban J connectivity index is 1.50. The molecule has 2 heterocycles. The number of hydrogen-bond donors (Lipinski definition) is 2. The molecular formula is C21H22N4O3S. The summed E-state index contributed by atoms with van der Waals surface area (Å²) in [6.45, 7) is 0.685. The van der Waals surface area contributed by atoms with Crippen LogP contribution in [0.15, 0.2) is 59.5 Å². The van der Waals surface area contributed by atoms with E-state index >= 15 is 0 Å². The first-order valence-electron chi connectivity index (χ1n) is 9.45. The van der Waals surface area contributed by atoms with E-state index in [0.717, 1.165) is 35.3 Å². The highest BCUT2D eigenvalue weighted by Crippen LogP contribution is 2.31. The van der Waals surface area contributed by atoms with Crippen LogP contribution in [0.3, 0.4) is 0 Å². The van der Waals surface area contributed by atoms with Crippen LogP contribution >= 0.6 is 0 Å². The van der Waals surface area contributed by atoms with Crippen molar-refractivity contribution in [2.24, 2.45) is 0 Å². The van der Waals surface area contributed by atoms with Crippen molar-refractivity contribution >= 4 is 33.0 Å². The van der Waals surface area contributed by atoms with Gasteiger partial charge in [-0.15, -0.1) is 0 Å². The molecule has 0 radical (unpaired) electrons. The fourth-order valence-electron chi connectivity index (χ4n) is 3.58. The van der Waals surface area contributed by atoms with Gasteiger partial charge in [0.05, 0.1) is 22.0 Å². The van der Waals surface area contributed by atoms with Crippen molar-refractivity contribution in [1.82, 2.24) is 19.6 Å². The van der Waals surface area contributed by atoms with Gasteiger partial charge in [-0.2, -0.15) is 0 Å². The molecule has 0 unspecified atom stereocenters. The van der Waals surface area contributed by atoms with E-state index in [2.05, 4.69) is 14.7 Å². The Bertz CT molecular complexity index is 1130. The highest BCUT2D eigenvalue weighted by atomic mass is 32.2. The van der Waals surface area contributed by atoms with Crippen LogP contribution in [0.5, 0.6) is 0 Å². The van der Waals surface area contributed by atoms with Crippen LogP contribution in [-0.2, 0) is 14.8 Å². The summed E-state index contributed by atoms with van der Waals surface area (Å²) in [5, 5.41) is 0. The molecule has 1 aliphatic rings. The van der Waals surface area contributed by atoms with Gasteiger partial charge < -0.3 is 9.88 Å². The van der Waals surface area contributed by atoms with Crippen molar-refractivity contribution in [3.05, 3.63) is 66.0 Å². The van der Waals surface area contributed by atoms with Gasteiger partial charge in [-0.1, -0.05) is 24.3 Å². The minimum atomic E-state index is -3.47. The van der Waals surface area contributed by atoms with Crippen LogP contribution in [0.25, 0.3) is 17.1 Å². The lowest BCUT2D eigenvalue weighted by Gasteiger charge is -2.21. The van der Waals surface area contributed by atoms with Crippen LogP contribution < -0.4 is 4.72 Å². The molecule has 3 aromatic rings. The van der Waals surface area contributed by atoms with E-state index in [1.807, 2.05) is 29.2 Å². The van der Waals surface area contributed by atoms with Crippen molar-refractivity contribution in [3.63, 3.8) is 0 Å². The van der Waals surface area contributed by atoms with Gasteiger partial charge in [-0.05, 0) is 55.8 Å². The summed E-state index contributed by atoms with van der Waals surface area (Å²) in [4.78, 5) is 22.8. The average molecular weight is 410 g/mol. The first-order valence-corrected chi connectivity index (χ1v) is 10.9. The summed E-state index contributed by atoms with van der Waals surface area (Å²) in [6.07, 6.45) is 5.03. The minimum Gasteiger partial charge on any atom is -0.340 e. The summed E-state index contributed by atoms with van der Waals surface area (Å²) in [5.41, 5.74) is 2.62. The molecule has 1 aromatic heterocycles. The lowest BCUT2D eigenvalue weighted by molar-refractivity contribution is -0.126. The molecule has 0 aliphatic carbocycles. The highest BCUT2D eigenvalue weighted by Gasteiger charge is 2.31. The highest BCUT2D eigenvalue weighted by molar-refractivity contribution is 7.89. The van der Waals surface area contributed by atoms with Gasteiger partial charge in [-0.25, -0.2) is 18.1 Å². The van der Waals surface area contributed by atoms with E-state index in [1.54, 1.807) is 18.2 Å². The number of likely N-dealkylation sites (tertiary alicyclic amines) is 1. The summed E-state index contributed by atoms with van der Waals surface area (Å²) in [6, 6.07) is 14.1. The Morgan fingerprint density at radius 1 is 1.21 bits per heavy atom. The number of imidazole rings is 1. The zero-order chi connectivity index (χ0) is 20.4. The number of sulfonamides is 1. The van der Waals surface area contributed by atoms with E-state index in [0.29, 0.717) is 6.54 Å². The molecule has 1 aliphatic heterocycles. The van der Waals surface area contributed by atoms with Gasteiger partial charge in [0, 0.05) is 12.6 Å². The zero-order valence-electron chi connectivity index (χ0n) is 16.0. The SMILES string of the molecule is CNS(=O)(=O)c1ccc(/C=C/C(=O)N2CCC[C@H]2c2nc3ccccc3[nH]2)cc1. The molecule has 150 valence electrons. The summed E-state index contributed by atoms with van der Waals surface area (Å²) in [5.74, 6) is 0.729. The number of fused-ring (bicyclic) bond motifs is 1. The molecule has 2 aromatic carbocycles. The molecule has 4 rings (SSSR count). The molecule has 0 saturated carbocycles. The molecule has 0 spiro atoms. The zero-order valence-corrected chi connectivity index (χ0v) is 16.8. The molecule has 29 heavy (non-hydrogen) atoms. The average Bonchev–Trinajstić information content (AvgIpc) is 3.39. The van der Waals surface area contributed by atoms with Crippen LogP contribution in [-0.4, -0.2) is 42.8 Å². The van der Waals surface area contributed by atoms with Crippen LogP contribution in [0.1, 0.15) is 30.3 Å². The number of hydrogen-bond acceptors (Lipinski definition) is 4. The molecule has 1 saturated heterocycles. The lowest BCUT2D eigenvalue weighted by atomic mass is 10.2. The van der Waals surface area contributed by atoms with Crippen LogP contribution in [0.4, 0.5) is 0 Å². The second kappa shape index (κ2) is 7.81. The van der Waals surface area contributed by atoms with E-state index in [4.69, 9.17) is 0 Å². The standard InChI is InChI=1S/C21H22N4O3S/c1-22-29(27,28)16-11-8-15(9-12-16)10-13-20(26)25-14-4-7-19(25)21-23-17-5-2-3-6-18(17)24-21/h2-3,5-6,8-13,19,22H,4,7,14H2,1H3,(H,23,24)/b13-10+/t19-/m0/s1. The maximum Gasteiger partial charge on any atom is 0.247 e. The van der Waals surface area contributed by atoms with Crippen molar-refractivity contribution in [2.75, 3.05) is 13.6 Å². The topological polar surface area (TPSA) is 95.2 Å². The van der Waals surface area contributed by atoms with E-state index < -0.39 is 10.0 Å². The number of amides is 1. The number of carbonyl (C=O) groups is 1. The van der Waals surface area contributed by atoms with Crippen LogP contribution in [0.2, 0.25) is 0 Å². The molecule has 1 atom stereocenters. The van der Waals surface area contributed by atoms with Crippen molar-refractivity contribution in [3.8, 4) is 0 Å². The first kappa shape index (κ1) is 19.4. The van der Waals surface area contributed by atoms with Crippen molar-refractivity contribution in [2.45, 2.75) is 23.8 Å². The third-order valence-corrected chi connectivity index (χ3v) is 6.57. The van der Waals surface area contributed by atoms with Gasteiger partial charge >= 0.3 is 0 Å². The number of H-pyrrole nitrogens is 1. The minimum absolute atomic E-state index is 0.0669. The number of nitrogens with zero attached hydrogens (tertiary/aromatic N) is 2. The predicted octanol–water partition coefficient (Wildman–Crippen LogP) is 2.85. The number of aromatic amines is 1. The number of para-hydroxylation sites is 2. The maximum absolute atomic E-state index is 12.8. The quantitative estimate of drug-likeness (QED) is 0.632. The molecule has 2 N–H and O–H groups in total. The third kappa shape index (κ3) is 3.94. The monoisotopic (exact) mass is 410 g/mol. The largest absolute Gasteiger partial charge is 0.340 e. The smallest absolute Gasteiger partial charge is 0.247 e. The van der Waals surface area contributed by atoms with E-state index in [1.165, 1.54) is 25.3 Å². The van der Waals surface area contributed by atoms with Crippen LogP contribution in [0, 0.1) is 0 Å². The Labute approximate surface area is 169 Å². The number of aromatic nitrogens is 2. The fourth-order valence-corrected chi connectivity index (χ4v) is 4.31. The van der Waals surface area contributed by atoms with Gasteiger partial charge in [0.2, 0.25) is 15.9 Å². The second-order valence-corrected chi connectivity index (χ2v) is 8.83. The lowest BCUT2D eigenvalue weighted by Crippen LogP contribution is -2.29. The summed E-state index contributed by atoms with van der Waals surface area (Å²) < 4.78 is 25.9. The second-order valence-electron chi connectivity index (χ2n) is 6.94. The normalized spacial score (nSPS) is 17.4. The van der Waals surface area contributed by atoms with E-state index in [-0.39, 0.29) is 16.8 Å². The van der Waals surface area contributed by atoms with E-state index in [9.17, 15) is 13.2 Å². The van der Waals surface area contributed by atoms with Gasteiger partial charge in [0.25, 0.3) is 0 Å². The predicted molar refractivity (Wildman–Crippen MR) is 112 cm³/mol. The Hall–Kier alpha value is -2.97. The Morgan fingerprint density at radius 2 is 1.97 bits per heavy atom. The maximum atomic E-state index is 12.8. The van der Waals surface area contributed by atoms with Gasteiger partial charge in [0.15, 0.2) is 0 Å². The number of rotatable bonds is 5. The Kier molecular flexibility index (Phi) is 5.21. The van der Waals surface area contributed by atoms with Crippen molar-refractivity contribution < 1.29 is 13.2 Å². The number of nitrogens with one attached hydrogen (secondary N) is 2. The molecule has 8 heteroatoms. The van der Waals surface area contributed by atoms with Gasteiger partial charge in [-0.3, -0.25) is 4.79 Å². The summed E-state index contributed by atoms with van der Waals surface area (Å²) in [7, 11) is -2.10. The fraction of sp³-hybridized carbons (Fsp3) is 0.238. The summed E-state index contributed by atoms with van der Waals surface area (Å²) >= 11 is 0. The Morgan fingerprint density at radius 3 is 2.69 bits per heavy atom. The number of benzene rings is 2. The van der Waals surface area contributed by atoms with Crippen molar-refractivity contribution in [1.29, 1.82) is 0 Å². The first-order chi connectivity index (χ1) is 14.0. The molecule has 7 nitrogen and oxygen atoms in total. The third-order valence-electron chi connectivity index (χ3n) is 5.14. The number of carbonyl (C=O) groups excluding carboxylic acids is 1. The molecule has 1 fully saturated rings.